The van der Waals surface area contributed by atoms with Crippen LogP contribution in [0.4, 0.5) is 0 Å². The van der Waals surface area contributed by atoms with Crippen LogP contribution < -0.4 is 9.47 Å². The van der Waals surface area contributed by atoms with Crippen LogP contribution in [0.3, 0.4) is 0 Å². The fraction of sp³-hybridized carbons (Fsp3) is 0.188. The summed E-state index contributed by atoms with van der Waals surface area (Å²) in [5, 5.41) is 9.12. The van der Waals surface area contributed by atoms with Crippen LogP contribution in [0.25, 0.3) is 0 Å². The lowest BCUT2D eigenvalue weighted by molar-refractivity contribution is 0.316. The molecule has 0 atom stereocenters. The standard InChI is InChI=1S/C16H15NO2/c1-2-10-18-16-9-8-15(11-13(16)12-17)19-14-6-4-3-5-7-14/h3-9,11H,2,10H2,1H3. The van der Waals surface area contributed by atoms with Crippen LogP contribution in [-0.4, -0.2) is 6.61 Å². The Kier molecular flexibility index (Phi) is 4.41. The maximum Gasteiger partial charge on any atom is 0.137 e. The second kappa shape index (κ2) is 6.46. The van der Waals surface area contributed by atoms with Crippen LogP contribution >= 0.6 is 0 Å². The smallest absolute Gasteiger partial charge is 0.137 e. The molecule has 0 N–H and O–H groups in total. The molecular formula is C16H15NO2. The van der Waals surface area contributed by atoms with Crippen molar-refractivity contribution < 1.29 is 9.47 Å². The van der Waals surface area contributed by atoms with E-state index in [9.17, 15) is 0 Å². The predicted molar refractivity (Wildman–Crippen MR) is 73.5 cm³/mol. The van der Waals surface area contributed by atoms with Gasteiger partial charge in [0.1, 0.15) is 23.3 Å². The van der Waals surface area contributed by atoms with E-state index in [1.54, 1.807) is 18.2 Å². The Balaban J connectivity index is 2.17. The Bertz CT molecular complexity index is 573. The van der Waals surface area contributed by atoms with Gasteiger partial charge in [0.2, 0.25) is 0 Å². The van der Waals surface area contributed by atoms with E-state index >= 15 is 0 Å². The Morgan fingerprint density at radius 2 is 1.84 bits per heavy atom. The van der Waals surface area contributed by atoms with Crippen molar-refractivity contribution >= 4 is 0 Å². The van der Waals surface area contributed by atoms with Gasteiger partial charge < -0.3 is 9.47 Å². The van der Waals surface area contributed by atoms with Crippen molar-refractivity contribution in [3.63, 3.8) is 0 Å². The average molecular weight is 253 g/mol. The van der Waals surface area contributed by atoms with Crippen LogP contribution in [0, 0.1) is 11.3 Å². The third-order valence-electron chi connectivity index (χ3n) is 2.51. The van der Waals surface area contributed by atoms with Crippen molar-refractivity contribution in [3.05, 3.63) is 54.1 Å². The summed E-state index contributed by atoms with van der Waals surface area (Å²) in [7, 11) is 0. The minimum absolute atomic E-state index is 0.488. The molecule has 0 aliphatic carbocycles. The first-order valence-electron chi connectivity index (χ1n) is 6.23. The Hall–Kier alpha value is -2.47. The van der Waals surface area contributed by atoms with Gasteiger partial charge in [-0.1, -0.05) is 25.1 Å². The van der Waals surface area contributed by atoms with Crippen molar-refractivity contribution in [3.8, 4) is 23.3 Å². The van der Waals surface area contributed by atoms with Crippen molar-refractivity contribution in [2.45, 2.75) is 13.3 Å². The highest BCUT2D eigenvalue weighted by molar-refractivity contribution is 5.48. The molecule has 19 heavy (non-hydrogen) atoms. The van der Waals surface area contributed by atoms with Crippen molar-refractivity contribution in [1.82, 2.24) is 0 Å². The molecule has 0 spiro atoms. The summed E-state index contributed by atoms with van der Waals surface area (Å²) >= 11 is 0. The minimum atomic E-state index is 0.488. The molecule has 0 heterocycles. The van der Waals surface area contributed by atoms with Crippen LogP contribution in [0.15, 0.2) is 48.5 Å². The van der Waals surface area contributed by atoms with Gasteiger partial charge in [0.05, 0.1) is 12.2 Å². The van der Waals surface area contributed by atoms with E-state index in [0.29, 0.717) is 23.7 Å². The SMILES string of the molecule is CCCOc1ccc(Oc2ccccc2)cc1C#N. The molecule has 0 bridgehead atoms. The largest absolute Gasteiger partial charge is 0.492 e. The molecule has 96 valence electrons. The molecule has 3 nitrogen and oxygen atoms in total. The predicted octanol–water partition coefficient (Wildman–Crippen LogP) is 4.14. The first-order chi connectivity index (χ1) is 9.33. The molecule has 0 unspecified atom stereocenters. The molecule has 2 aromatic carbocycles. The molecule has 0 amide bonds. The van der Waals surface area contributed by atoms with Crippen LogP contribution in [-0.2, 0) is 0 Å². The molecular weight excluding hydrogens is 238 g/mol. The lowest BCUT2D eigenvalue weighted by Crippen LogP contribution is -1.97. The van der Waals surface area contributed by atoms with Crippen molar-refractivity contribution in [1.29, 1.82) is 5.26 Å². The molecule has 0 aromatic heterocycles. The van der Waals surface area contributed by atoms with Gasteiger partial charge in [-0.05, 0) is 30.7 Å². The molecule has 0 saturated heterocycles. The first kappa shape index (κ1) is 13.0. The summed E-state index contributed by atoms with van der Waals surface area (Å²) in [4.78, 5) is 0. The van der Waals surface area contributed by atoms with E-state index in [1.807, 2.05) is 37.3 Å². The monoisotopic (exact) mass is 253 g/mol. The molecule has 0 fully saturated rings. The molecule has 0 aliphatic heterocycles. The number of hydrogen-bond donors (Lipinski definition) is 0. The fourth-order valence-corrected chi connectivity index (χ4v) is 1.62. The van der Waals surface area contributed by atoms with Gasteiger partial charge in [-0.3, -0.25) is 0 Å². The maximum absolute atomic E-state index is 9.12. The summed E-state index contributed by atoms with van der Waals surface area (Å²) in [6.45, 7) is 2.63. The van der Waals surface area contributed by atoms with Crippen molar-refractivity contribution in [2.75, 3.05) is 6.61 Å². The van der Waals surface area contributed by atoms with Gasteiger partial charge in [-0.25, -0.2) is 0 Å². The number of benzene rings is 2. The first-order valence-corrected chi connectivity index (χ1v) is 6.23. The molecule has 3 heteroatoms. The summed E-state index contributed by atoms with van der Waals surface area (Å²) in [5.41, 5.74) is 0.488. The third kappa shape index (κ3) is 3.49. The molecule has 0 saturated carbocycles. The summed E-state index contributed by atoms with van der Waals surface area (Å²) in [5.74, 6) is 1.98. The van der Waals surface area contributed by atoms with Crippen LogP contribution in [0.2, 0.25) is 0 Å². The number of nitrogens with zero attached hydrogens (tertiary/aromatic N) is 1. The number of ether oxygens (including phenoxy) is 2. The van der Waals surface area contributed by atoms with E-state index in [0.717, 1.165) is 12.2 Å². The lowest BCUT2D eigenvalue weighted by Gasteiger charge is -2.09. The average Bonchev–Trinajstić information content (AvgIpc) is 2.47. The summed E-state index contributed by atoms with van der Waals surface area (Å²) in [6, 6.07) is 16.9. The van der Waals surface area contributed by atoms with E-state index < -0.39 is 0 Å². The Morgan fingerprint density at radius 1 is 1.05 bits per heavy atom. The highest BCUT2D eigenvalue weighted by atomic mass is 16.5. The topological polar surface area (TPSA) is 42.2 Å². The van der Waals surface area contributed by atoms with E-state index in [1.165, 1.54) is 0 Å². The lowest BCUT2D eigenvalue weighted by atomic mass is 10.2. The maximum atomic E-state index is 9.12. The van der Waals surface area contributed by atoms with Gasteiger partial charge in [0, 0.05) is 6.07 Å². The minimum Gasteiger partial charge on any atom is -0.492 e. The number of nitriles is 1. The zero-order valence-electron chi connectivity index (χ0n) is 10.8. The number of rotatable bonds is 5. The molecule has 2 aromatic rings. The molecule has 0 radical (unpaired) electrons. The Labute approximate surface area is 113 Å². The van der Waals surface area contributed by atoms with Crippen molar-refractivity contribution in [2.24, 2.45) is 0 Å². The normalized spacial score (nSPS) is 9.68. The van der Waals surface area contributed by atoms with Gasteiger partial charge in [0.15, 0.2) is 0 Å². The second-order valence-corrected chi connectivity index (χ2v) is 4.03. The van der Waals surface area contributed by atoms with Gasteiger partial charge in [-0.2, -0.15) is 5.26 Å². The van der Waals surface area contributed by atoms with E-state index in [4.69, 9.17) is 14.7 Å². The summed E-state index contributed by atoms with van der Waals surface area (Å²) in [6.07, 6.45) is 0.910. The van der Waals surface area contributed by atoms with E-state index in [-0.39, 0.29) is 0 Å². The number of hydrogen-bond acceptors (Lipinski definition) is 3. The Morgan fingerprint density at radius 3 is 2.53 bits per heavy atom. The highest BCUT2D eigenvalue weighted by Gasteiger charge is 2.06. The van der Waals surface area contributed by atoms with Gasteiger partial charge >= 0.3 is 0 Å². The van der Waals surface area contributed by atoms with E-state index in [2.05, 4.69) is 6.07 Å². The molecule has 2 rings (SSSR count). The zero-order valence-corrected chi connectivity index (χ0v) is 10.8. The number of para-hydroxylation sites is 1. The quantitative estimate of drug-likeness (QED) is 0.804. The van der Waals surface area contributed by atoms with Crippen LogP contribution in [0.5, 0.6) is 17.2 Å². The molecule has 0 aliphatic rings. The second-order valence-electron chi connectivity index (χ2n) is 4.03. The highest BCUT2D eigenvalue weighted by Crippen LogP contribution is 2.27. The summed E-state index contributed by atoms with van der Waals surface area (Å²) < 4.78 is 11.2. The van der Waals surface area contributed by atoms with Crippen LogP contribution in [0.1, 0.15) is 18.9 Å². The van der Waals surface area contributed by atoms with Gasteiger partial charge in [-0.15, -0.1) is 0 Å². The van der Waals surface area contributed by atoms with Gasteiger partial charge in [0.25, 0.3) is 0 Å². The third-order valence-corrected chi connectivity index (χ3v) is 2.51. The fourth-order valence-electron chi connectivity index (χ4n) is 1.62. The zero-order chi connectivity index (χ0) is 13.5.